The normalized spacial score (nSPS) is 15.1. The van der Waals surface area contributed by atoms with E-state index in [1.54, 1.807) is 31.3 Å². The summed E-state index contributed by atoms with van der Waals surface area (Å²) < 4.78 is 33.5. The van der Waals surface area contributed by atoms with Crippen LogP contribution in [-0.2, 0) is 14.8 Å². The molecular formula is C19H20N4O3S. The lowest BCUT2D eigenvalue weighted by Gasteiger charge is -2.28. The van der Waals surface area contributed by atoms with Crippen LogP contribution in [0.5, 0.6) is 0 Å². The molecule has 1 fully saturated rings. The minimum absolute atomic E-state index is 0.0203. The highest BCUT2D eigenvalue weighted by atomic mass is 32.2. The van der Waals surface area contributed by atoms with E-state index < -0.39 is 10.0 Å². The number of ether oxygens (including phenoxy) is 1. The fourth-order valence-electron chi connectivity index (χ4n) is 3.17. The number of pyridine rings is 2. The number of anilines is 2. The molecule has 3 heterocycles. The Bertz CT molecular complexity index is 1080. The summed E-state index contributed by atoms with van der Waals surface area (Å²) in [6.07, 6.45) is 3.25. The maximum absolute atomic E-state index is 12.8. The average Bonchev–Trinajstić information content (AvgIpc) is 2.68. The van der Waals surface area contributed by atoms with Crippen LogP contribution in [0.1, 0.15) is 5.56 Å². The van der Waals surface area contributed by atoms with Gasteiger partial charge in [-0.25, -0.2) is 4.98 Å². The van der Waals surface area contributed by atoms with Crippen LogP contribution < -0.4 is 9.62 Å². The summed E-state index contributed by atoms with van der Waals surface area (Å²) in [6.45, 7) is 4.75. The van der Waals surface area contributed by atoms with Gasteiger partial charge in [-0.05, 0) is 30.7 Å². The van der Waals surface area contributed by atoms with E-state index in [0.29, 0.717) is 30.0 Å². The highest BCUT2D eigenvalue weighted by Gasteiger charge is 2.20. The van der Waals surface area contributed by atoms with Crippen LogP contribution in [0.2, 0.25) is 0 Å². The lowest BCUT2D eigenvalue weighted by atomic mass is 10.1. The van der Waals surface area contributed by atoms with Crippen molar-refractivity contribution < 1.29 is 13.2 Å². The van der Waals surface area contributed by atoms with Crippen LogP contribution in [0.25, 0.3) is 10.9 Å². The zero-order valence-corrected chi connectivity index (χ0v) is 15.7. The smallest absolute Gasteiger partial charge is 0.279 e. The molecule has 140 valence electrons. The lowest BCUT2D eigenvalue weighted by molar-refractivity contribution is 0.122. The molecule has 0 unspecified atom stereocenters. The van der Waals surface area contributed by atoms with Crippen molar-refractivity contribution >= 4 is 32.3 Å². The summed E-state index contributed by atoms with van der Waals surface area (Å²) in [5.41, 5.74) is 2.64. The zero-order valence-electron chi connectivity index (χ0n) is 14.9. The van der Waals surface area contributed by atoms with Gasteiger partial charge in [-0.15, -0.1) is 0 Å². The fraction of sp³-hybridized carbons (Fsp3) is 0.263. The van der Waals surface area contributed by atoms with Crippen LogP contribution in [0, 0.1) is 6.92 Å². The first kappa shape index (κ1) is 17.7. The van der Waals surface area contributed by atoms with E-state index in [0.717, 1.165) is 24.2 Å². The summed E-state index contributed by atoms with van der Waals surface area (Å²) >= 11 is 0. The number of rotatable bonds is 4. The average molecular weight is 384 g/mol. The first-order valence-electron chi connectivity index (χ1n) is 8.70. The molecule has 0 amide bonds. The monoisotopic (exact) mass is 384 g/mol. The van der Waals surface area contributed by atoms with E-state index in [2.05, 4.69) is 19.6 Å². The summed E-state index contributed by atoms with van der Waals surface area (Å²) in [6, 6.07) is 10.9. The second-order valence-electron chi connectivity index (χ2n) is 6.40. The quantitative estimate of drug-likeness (QED) is 0.744. The molecule has 0 spiro atoms. The van der Waals surface area contributed by atoms with Crippen LogP contribution in [-0.4, -0.2) is 44.7 Å². The summed E-state index contributed by atoms with van der Waals surface area (Å²) in [5.74, 6) is 0. The number of aryl methyl sites for hydroxylation is 1. The van der Waals surface area contributed by atoms with Gasteiger partial charge in [-0.2, -0.15) is 8.42 Å². The summed E-state index contributed by atoms with van der Waals surface area (Å²) in [5, 5.41) is 0.892. The third-order valence-electron chi connectivity index (χ3n) is 4.53. The Morgan fingerprint density at radius 2 is 1.93 bits per heavy atom. The second kappa shape index (κ2) is 7.13. The number of nitrogens with one attached hydrogen (secondary N) is 1. The number of para-hydroxylation sites is 1. The maximum atomic E-state index is 12.8. The van der Waals surface area contributed by atoms with Gasteiger partial charge >= 0.3 is 0 Å². The van der Waals surface area contributed by atoms with Crippen molar-refractivity contribution in [2.45, 2.75) is 11.9 Å². The third-order valence-corrected chi connectivity index (χ3v) is 5.96. The van der Waals surface area contributed by atoms with Gasteiger partial charge in [0.15, 0.2) is 5.03 Å². The van der Waals surface area contributed by atoms with Crippen molar-refractivity contribution in [3.8, 4) is 0 Å². The SMILES string of the molecule is Cc1cccnc1S(=O)(=O)Nc1cccc2cc(N3CCOCC3)cnc12. The molecular weight excluding hydrogens is 364 g/mol. The zero-order chi connectivity index (χ0) is 18.9. The third kappa shape index (κ3) is 3.58. The van der Waals surface area contributed by atoms with Crippen molar-refractivity contribution in [3.63, 3.8) is 0 Å². The Balaban J connectivity index is 1.69. The minimum atomic E-state index is -3.79. The summed E-state index contributed by atoms with van der Waals surface area (Å²) in [4.78, 5) is 10.8. The predicted molar refractivity (Wildman–Crippen MR) is 105 cm³/mol. The number of hydrogen-bond acceptors (Lipinski definition) is 6. The molecule has 0 saturated carbocycles. The molecule has 1 aliphatic rings. The van der Waals surface area contributed by atoms with Crippen molar-refractivity contribution in [2.75, 3.05) is 35.9 Å². The van der Waals surface area contributed by atoms with E-state index >= 15 is 0 Å². The highest BCUT2D eigenvalue weighted by molar-refractivity contribution is 7.92. The highest BCUT2D eigenvalue weighted by Crippen LogP contribution is 2.27. The number of aromatic nitrogens is 2. The fourth-order valence-corrected chi connectivity index (χ4v) is 4.41. The topological polar surface area (TPSA) is 84.4 Å². The Labute approximate surface area is 158 Å². The number of fused-ring (bicyclic) bond motifs is 1. The molecule has 27 heavy (non-hydrogen) atoms. The number of sulfonamides is 1. The van der Waals surface area contributed by atoms with Crippen LogP contribution in [0.15, 0.2) is 53.8 Å². The largest absolute Gasteiger partial charge is 0.378 e. The van der Waals surface area contributed by atoms with Crippen LogP contribution in [0.4, 0.5) is 11.4 Å². The van der Waals surface area contributed by atoms with E-state index in [9.17, 15) is 8.42 Å². The first-order chi connectivity index (χ1) is 13.0. The molecule has 4 rings (SSSR count). The molecule has 2 aromatic heterocycles. The van der Waals surface area contributed by atoms with Gasteiger partial charge in [-0.1, -0.05) is 18.2 Å². The molecule has 1 aromatic carbocycles. The number of benzene rings is 1. The van der Waals surface area contributed by atoms with Crippen molar-refractivity contribution in [3.05, 3.63) is 54.4 Å². The maximum Gasteiger partial charge on any atom is 0.279 e. The number of hydrogen-bond donors (Lipinski definition) is 1. The Kier molecular flexibility index (Phi) is 4.67. The second-order valence-corrected chi connectivity index (χ2v) is 8.00. The molecule has 0 atom stereocenters. The first-order valence-corrected chi connectivity index (χ1v) is 10.2. The molecule has 1 saturated heterocycles. The van der Waals surface area contributed by atoms with Gasteiger partial charge in [-0.3, -0.25) is 9.71 Å². The predicted octanol–water partition coefficient (Wildman–Crippen LogP) is 2.58. The van der Waals surface area contributed by atoms with Gasteiger partial charge < -0.3 is 9.64 Å². The van der Waals surface area contributed by atoms with Crippen LogP contribution in [0.3, 0.4) is 0 Å². The van der Waals surface area contributed by atoms with Gasteiger partial charge in [0.25, 0.3) is 10.0 Å². The van der Waals surface area contributed by atoms with Gasteiger partial charge in [0.1, 0.15) is 0 Å². The van der Waals surface area contributed by atoms with E-state index in [1.165, 1.54) is 6.20 Å². The lowest BCUT2D eigenvalue weighted by Crippen LogP contribution is -2.36. The summed E-state index contributed by atoms with van der Waals surface area (Å²) in [7, 11) is -3.79. The Morgan fingerprint density at radius 1 is 1.11 bits per heavy atom. The Morgan fingerprint density at radius 3 is 2.70 bits per heavy atom. The number of morpholine rings is 1. The van der Waals surface area contributed by atoms with Gasteiger partial charge in [0.2, 0.25) is 0 Å². The van der Waals surface area contributed by atoms with Gasteiger partial charge in [0.05, 0.1) is 36.3 Å². The van der Waals surface area contributed by atoms with E-state index in [-0.39, 0.29) is 5.03 Å². The number of nitrogens with zero attached hydrogens (tertiary/aromatic N) is 3. The van der Waals surface area contributed by atoms with Crippen molar-refractivity contribution in [1.29, 1.82) is 0 Å². The molecule has 1 N–H and O–H groups in total. The Hall–Kier alpha value is -2.71. The molecule has 0 radical (unpaired) electrons. The van der Waals surface area contributed by atoms with E-state index in [4.69, 9.17) is 4.74 Å². The van der Waals surface area contributed by atoms with Crippen molar-refractivity contribution in [1.82, 2.24) is 9.97 Å². The molecule has 0 bridgehead atoms. The van der Waals surface area contributed by atoms with Gasteiger partial charge in [0, 0.05) is 24.7 Å². The molecule has 7 nitrogen and oxygen atoms in total. The van der Waals surface area contributed by atoms with Crippen LogP contribution >= 0.6 is 0 Å². The molecule has 3 aromatic rings. The van der Waals surface area contributed by atoms with E-state index in [1.807, 2.05) is 18.2 Å². The standard InChI is InChI=1S/C19H20N4O3S/c1-14-4-3-7-20-19(14)27(24,25)22-17-6-2-5-15-12-16(13-21-18(15)17)23-8-10-26-11-9-23/h2-7,12-13,22H,8-11H2,1H3. The van der Waals surface area contributed by atoms with Crippen molar-refractivity contribution in [2.24, 2.45) is 0 Å². The molecule has 1 aliphatic heterocycles. The molecule has 0 aliphatic carbocycles. The molecule has 8 heteroatoms. The minimum Gasteiger partial charge on any atom is -0.378 e.